The van der Waals surface area contributed by atoms with E-state index >= 15 is 0 Å². The summed E-state index contributed by atoms with van der Waals surface area (Å²) in [5.74, 6) is 2.30. The van der Waals surface area contributed by atoms with Crippen molar-refractivity contribution in [2.45, 2.75) is 39.5 Å². The van der Waals surface area contributed by atoms with Gasteiger partial charge in [-0.05, 0) is 43.7 Å². The van der Waals surface area contributed by atoms with Gasteiger partial charge in [0.05, 0.1) is 11.4 Å². The maximum atomic E-state index is 4.38. The van der Waals surface area contributed by atoms with Gasteiger partial charge in [0.2, 0.25) is 0 Å². The van der Waals surface area contributed by atoms with Gasteiger partial charge in [-0.25, -0.2) is 4.57 Å². The number of anilines is 1. The molecule has 170 valence electrons. The zero-order valence-electron chi connectivity index (χ0n) is 19.3. The first-order valence-electron chi connectivity index (χ1n) is 11.4. The molecule has 0 unspecified atom stereocenters. The van der Waals surface area contributed by atoms with Gasteiger partial charge in [-0.15, -0.1) is 0 Å². The van der Waals surface area contributed by atoms with Gasteiger partial charge in [-0.1, -0.05) is 48.3 Å². The molecule has 0 atom stereocenters. The molecule has 2 aromatic rings. The highest BCUT2D eigenvalue weighted by molar-refractivity contribution is 8.76. The number of aromatic nitrogens is 1. The van der Waals surface area contributed by atoms with Crippen molar-refractivity contribution in [2.75, 3.05) is 42.6 Å². The molecule has 0 saturated carbocycles. The Labute approximate surface area is 196 Å². The third-order valence-electron chi connectivity index (χ3n) is 4.84. The molecule has 0 spiro atoms. The van der Waals surface area contributed by atoms with Crippen molar-refractivity contribution in [1.29, 1.82) is 0 Å². The lowest BCUT2D eigenvalue weighted by molar-refractivity contribution is -0.671. The van der Waals surface area contributed by atoms with Crippen LogP contribution in [0.5, 0.6) is 0 Å². The SMILES string of the molecule is CCCCNCCSSCCN(CCCC)c1ccc(N=Nc2cc[n+](C)cc2)cc1. The minimum Gasteiger partial charge on any atom is -0.371 e. The van der Waals surface area contributed by atoms with E-state index in [1.54, 1.807) is 0 Å². The fraction of sp³-hybridized carbons (Fsp3) is 0.542. The van der Waals surface area contributed by atoms with Crippen LogP contribution in [-0.2, 0) is 7.05 Å². The second kappa shape index (κ2) is 16.1. The summed E-state index contributed by atoms with van der Waals surface area (Å²) in [7, 11) is 5.95. The largest absolute Gasteiger partial charge is 0.371 e. The molecular formula is C24H38N5S2+. The Morgan fingerprint density at radius 1 is 0.806 bits per heavy atom. The minimum absolute atomic E-state index is 0.863. The number of unbranched alkanes of at least 4 members (excludes halogenated alkanes) is 2. The Bertz CT molecular complexity index is 735. The van der Waals surface area contributed by atoms with E-state index < -0.39 is 0 Å². The topological polar surface area (TPSA) is 43.9 Å². The number of aryl methyl sites for hydroxylation is 1. The summed E-state index contributed by atoms with van der Waals surface area (Å²) < 4.78 is 1.99. The predicted octanol–water partition coefficient (Wildman–Crippen LogP) is 6.30. The fourth-order valence-corrected chi connectivity index (χ4v) is 4.87. The van der Waals surface area contributed by atoms with E-state index in [0.717, 1.165) is 43.3 Å². The van der Waals surface area contributed by atoms with Gasteiger partial charge in [0, 0.05) is 49.0 Å². The molecule has 0 radical (unpaired) electrons. The molecule has 0 aliphatic carbocycles. The van der Waals surface area contributed by atoms with Crippen LogP contribution in [0.15, 0.2) is 59.0 Å². The van der Waals surface area contributed by atoms with Crippen LogP contribution in [0.25, 0.3) is 0 Å². The van der Waals surface area contributed by atoms with Gasteiger partial charge in [-0.2, -0.15) is 10.2 Å². The lowest BCUT2D eigenvalue weighted by Crippen LogP contribution is -2.26. The molecule has 0 saturated heterocycles. The van der Waals surface area contributed by atoms with Gasteiger partial charge < -0.3 is 10.2 Å². The van der Waals surface area contributed by atoms with E-state index in [2.05, 4.69) is 58.6 Å². The third-order valence-corrected chi connectivity index (χ3v) is 7.22. The molecule has 0 amide bonds. The van der Waals surface area contributed by atoms with Crippen LogP contribution >= 0.6 is 21.6 Å². The van der Waals surface area contributed by atoms with E-state index in [1.807, 2.05) is 57.7 Å². The first kappa shape index (κ1) is 25.7. The van der Waals surface area contributed by atoms with Gasteiger partial charge in [0.25, 0.3) is 0 Å². The van der Waals surface area contributed by atoms with Crippen LogP contribution in [0.3, 0.4) is 0 Å². The fourth-order valence-electron chi connectivity index (χ4n) is 2.93. The molecule has 0 bridgehead atoms. The van der Waals surface area contributed by atoms with Gasteiger partial charge in [0.15, 0.2) is 12.4 Å². The molecule has 5 nitrogen and oxygen atoms in total. The summed E-state index contributed by atoms with van der Waals surface area (Å²) in [6.07, 6.45) is 8.91. The number of nitrogens with one attached hydrogen (secondary N) is 1. The number of hydrogen-bond acceptors (Lipinski definition) is 6. The number of benzene rings is 1. The van der Waals surface area contributed by atoms with Crippen molar-refractivity contribution < 1.29 is 4.57 Å². The highest BCUT2D eigenvalue weighted by Crippen LogP contribution is 2.25. The first-order valence-corrected chi connectivity index (χ1v) is 13.9. The molecule has 0 aliphatic heterocycles. The maximum absolute atomic E-state index is 4.38. The van der Waals surface area contributed by atoms with E-state index in [0.29, 0.717) is 0 Å². The quantitative estimate of drug-likeness (QED) is 0.138. The van der Waals surface area contributed by atoms with Gasteiger partial charge in [-0.3, -0.25) is 0 Å². The average Bonchev–Trinajstić information content (AvgIpc) is 2.80. The smallest absolute Gasteiger partial charge is 0.170 e. The zero-order chi connectivity index (χ0) is 22.2. The van der Waals surface area contributed by atoms with Crippen molar-refractivity contribution in [3.8, 4) is 0 Å². The van der Waals surface area contributed by atoms with Crippen LogP contribution in [0.4, 0.5) is 17.1 Å². The van der Waals surface area contributed by atoms with Crippen LogP contribution in [0.2, 0.25) is 0 Å². The van der Waals surface area contributed by atoms with Crippen molar-refractivity contribution in [3.63, 3.8) is 0 Å². The van der Waals surface area contributed by atoms with Crippen LogP contribution in [0, 0.1) is 0 Å². The lowest BCUT2D eigenvalue weighted by atomic mass is 10.2. The van der Waals surface area contributed by atoms with Crippen molar-refractivity contribution in [3.05, 3.63) is 48.8 Å². The molecule has 1 aromatic heterocycles. The summed E-state index contributed by atoms with van der Waals surface area (Å²) in [5.41, 5.74) is 3.01. The third kappa shape index (κ3) is 11.0. The number of pyridine rings is 1. The summed E-state index contributed by atoms with van der Waals surface area (Å²) in [4.78, 5) is 2.49. The van der Waals surface area contributed by atoms with Gasteiger partial charge >= 0.3 is 0 Å². The highest BCUT2D eigenvalue weighted by Gasteiger charge is 2.06. The number of rotatable bonds is 16. The Kier molecular flexibility index (Phi) is 13.4. The van der Waals surface area contributed by atoms with Crippen molar-refractivity contribution in [1.82, 2.24) is 5.32 Å². The molecular weight excluding hydrogens is 422 g/mol. The molecule has 1 heterocycles. The van der Waals surface area contributed by atoms with E-state index in [9.17, 15) is 0 Å². The van der Waals surface area contributed by atoms with Crippen LogP contribution in [-0.4, -0.2) is 37.7 Å². The second-order valence-corrected chi connectivity index (χ2v) is 10.2. The molecule has 1 N–H and O–H groups in total. The van der Waals surface area contributed by atoms with E-state index in [4.69, 9.17) is 0 Å². The number of hydrogen-bond donors (Lipinski definition) is 1. The Morgan fingerprint density at radius 2 is 1.45 bits per heavy atom. The summed E-state index contributed by atoms with van der Waals surface area (Å²) in [6, 6.07) is 12.4. The minimum atomic E-state index is 0.863. The van der Waals surface area contributed by atoms with Crippen molar-refractivity contribution >= 4 is 38.6 Å². The Morgan fingerprint density at radius 3 is 2.13 bits per heavy atom. The Hall–Kier alpha value is -1.57. The molecule has 2 rings (SSSR count). The average molecular weight is 461 g/mol. The number of azo groups is 1. The molecule has 0 aliphatic rings. The van der Waals surface area contributed by atoms with E-state index in [-0.39, 0.29) is 0 Å². The normalized spacial score (nSPS) is 11.3. The predicted molar refractivity (Wildman–Crippen MR) is 138 cm³/mol. The molecule has 31 heavy (non-hydrogen) atoms. The molecule has 1 aromatic carbocycles. The summed E-state index contributed by atoms with van der Waals surface area (Å²) in [5, 5.41) is 12.2. The summed E-state index contributed by atoms with van der Waals surface area (Å²) in [6.45, 7) is 8.91. The zero-order valence-corrected chi connectivity index (χ0v) is 20.9. The van der Waals surface area contributed by atoms with E-state index in [1.165, 1.54) is 37.1 Å². The highest BCUT2D eigenvalue weighted by atomic mass is 33.1. The molecule has 7 heteroatoms. The summed E-state index contributed by atoms with van der Waals surface area (Å²) >= 11 is 0. The standard InChI is InChI=1S/C24H38N5S2/c1-4-6-14-25-15-20-30-31-21-19-29(16-7-5-2)24-10-8-22(9-11-24)26-27-23-12-17-28(3)18-13-23/h8-13,17-18,25H,4-7,14-16,19-21H2,1-3H3/q+1. The molecule has 0 fully saturated rings. The number of nitrogens with zero attached hydrogens (tertiary/aromatic N) is 4. The Balaban J connectivity index is 1.79. The van der Waals surface area contributed by atoms with Crippen LogP contribution < -0.4 is 14.8 Å². The van der Waals surface area contributed by atoms with Crippen molar-refractivity contribution in [2.24, 2.45) is 17.3 Å². The first-order chi connectivity index (χ1) is 15.2. The van der Waals surface area contributed by atoms with Gasteiger partial charge in [0.1, 0.15) is 7.05 Å². The lowest BCUT2D eigenvalue weighted by Gasteiger charge is -2.24. The monoisotopic (exact) mass is 460 g/mol. The maximum Gasteiger partial charge on any atom is 0.170 e. The van der Waals surface area contributed by atoms with Crippen LogP contribution in [0.1, 0.15) is 39.5 Å². The second-order valence-electron chi connectivity index (χ2n) is 7.53.